The van der Waals surface area contributed by atoms with Crippen molar-refractivity contribution in [2.24, 2.45) is 0 Å². The molecule has 1 aliphatic heterocycles. The van der Waals surface area contributed by atoms with Crippen LogP contribution in [0.15, 0.2) is 60.8 Å². The van der Waals surface area contributed by atoms with Crippen LogP contribution in [-0.2, 0) is 38.3 Å². The zero-order chi connectivity index (χ0) is 43.9. The monoisotopic (exact) mass is 871 g/mol. The maximum atomic E-state index is 12.8. The van der Waals surface area contributed by atoms with E-state index in [1.54, 1.807) is 0 Å². The minimum Gasteiger partial charge on any atom is -0.457 e. The predicted octanol–water partition coefficient (Wildman–Crippen LogP) is 9.74. The Morgan fingerprint density at radius 1 is 0.650 bits per heavy atom. The number of aliphatic hydroxyl groups is 3. The van der Waals surface area contributed by atoms with E-state index in [0.717, 1.165) is 77.0 Å². The van der Waals surface area contributed by atoms with E-state index in [2.05, 4.69) is 78.8 Å². The number of hydrogen-bond acceptors (Lipinski definition) is 11. The van der Waals surface area contributed by atoms with Gasteiger partial charge >= 0.3 is 16.4 Å². The normalized spacial score (nSPS) is 20.8. The van der Waals surface area contributed by atoms with Gasteiger partial charge < -0.3 is 34.3 Å². The van der Waals surface area contributed by atoms with Gasteiger partial charge in [-0.25, -0.2) is 4.18 Å². The van der Waals surface area contributed by atoms with Crippen LogP contribution in [0, 0.1) is 0 Å². The first kappa shape index (κ1) is 55.8. The molecule has 0 saturated carbocycles. The first-order valence-corrected chi connectivity index (χ1v) is 24.4. The molecule has 1 fully saturated rings. The number of esters is 1. The number of ether oxygens (including phenoxy) is 4. The molecule has 0 aromatic rings. The van der Waals surface area contributed by atoms with E-state index in [0.29, 0.717) is 13.0 Å². The third kappa shape index (κ3) is 31.6. The fourth-order valence-corrected chi connectivity index (χ4v) is 7.17. The molecule has 0 spiro atoms. The molecule has 6 unspecified atom stereocenters. The molecule has 4 N–H and O–H groups in total. The van der Waals surface area contributed by atoms with Crippen LogP contribution in [-0.4, -0.2) is 97.5 Å². The lowest BCUT2D eigenvalue weighted by Crippen LogP contribution is -2.60. The summed E-state index contributed by atoms with van der Waals surface area (Å²) in [4.78, 5) is 12.8. The van der Waals surface area contributed by atoms with Crippen molar-refractivity contribution in [2.75, 3.05) is 26.4 Å². The van der Waals surface area contributed by atoms with Gasteiger partial charge in [0.25, 0.3) is 0 Å². The smallest absolute Gasteiger partial charge is 0.397 e. The van der Waals surface area contributed by atoms with Gasteiger partial charge in [-0.2, -0.15) is 8.42 Å². The molecule has 0 radical (unpaired) electrons. The molecule has 348 valence electrons. The highest BCUT2D eigenvalue weighted by Crippen LogP contribution is 2.26. The fourth-order valence-electron chi connectivity index (χ4n) is 6.66. The summed E-state index contributed by atoms with van der Waals surface area (Å²) in [5, 5.41) is 30.7. The molecule has 1 saturated heterocycles. The van der Waals surface area contributed by atoms with E-state index in [9.17, 15) is 28.5 Å². The lowest BCUT2D eigenvalue weighted by Gasteiger charge is -2.41. The van der Waals surface area contributed by atoms with Gasteiger partial charge in [-0.3, -0.25) is 9.35 Å². The first-order valence-electron chi connectivity index (χ1n) is 23.0. The van der Waals surface area contributed by atoms with E-state index >= 15 is 0 Å². The van der Waals surface area contributed by atoms with Crippen molar-refractivity contribution < 1.29 is 56.2 Å². The number of allylic oxidation sites excluding steroid dienone is 10. The van der Waals surface area contributed by atoms with Crippen LogP contribution >= 0.6 is 0 Å². The van der Waals surface area contributed by atoms with Gasteiger partial charge in [0, 0.05) is 13.0 Å². The molecular weight excluding hydrogens is 789 g/mol. The van der Waals surface area contributed by atoms with Gasteiger partial charge in [-0.1, -0.05) is 145 Å². The molecule has 1 rings (SSSR count). The van der Waals surface area contributed by atoms with E-state index < -0.39 is 59.8 Å². The molecule has 0 aliphatic carbocycles. The van der Waals surface area contributed by atoms with Crippen molar-refractivity contribution in [2.45, 2.75) is 205 Å². The van der Waals surface area contributed by atoms with Gasteiger partial charge in [0.05, 0.1) is 19.8 Å². The SMILES string of the molecule is CC/C=C\C/C=C\C/C=C\C/C=C\CCCCCCC(=O)OC(COCCCCCCCC/C=C\CCCCCCCC)COC1OC(CO)C(O)C(OS(=O)(=O)O)C1O. The van der Waals surface area contributed by atoms with Crippen molar-refractivity contribution in [3.05, 3.63) is 60.8 Å². The lowest BCUT2D eigenvalue weighted by atomic mass is 9.99. The zero-order valence-corrected chi connectivity index (χ0v) is 37.8. The Morgan fingerprint density at radius 3 is 1.70 bits per heavy atom. The maximum absolute atomic E-state index is 12.8. The second kappa shape index (κ2) is 38.5. The molecule has 0 aromatic carbocycles. The van der Waals surface area contributed by atoms with E-state index in [-0.39, 0.29) is 19.6 Å². The Labute approximate surface area is 363 Å². The molecule has 1 heterocycles. The number of unbranched alkanes of at least 4 members (excludes halogenated alkanes) is 16. The largest absolute Gasteiger partial charge is 0.457 e. The Kier molecular flexibility index (Phi) is 35.8. The molecule has 1 aliphatic rings. The summed E-state index contributed by atoms with van der Waals surface area (Å²) < 4.78 is 59.0. The summed E-state index contributed by atoms with van der Waals surface area (Å²) in [5.74, 6) is -0.426. The van der Waals surface area contributed by atoms with Gasteiger partial charge in [0.15, 0.2) is 6.29 Å². The highest BCUT2D eigenvalue weighted by Gasteiger charge is 2.48. The van der Waals surface area contributed by atoms with Gasteiger partial charge in [0.1, 0.15) is 30.5 Å². The van der Waals surface area contributed by atoms with Crippen LogP contribution in [0.2, 0.25) is 0 Å². The summed E-state index contributed by atoms with van der Waals surface area (Å²) in [5.41, 5.74) is 0. The Morgan fingerprint density at radius 2 is 1.15 bits per heavy atom. The third-order valence-electron chi connectivity index (χ3n) is 10.1. The standard InChI is InChI=1S/C47H82O12S/c1-3-5-7-9-11-13-15-17-19-21-22-24-26-28-30-32-34-36-43(49)57-41(40-56-47-45(51)46(59-60(52,53)54)44(50)42(38-48)58-47)39-55-37-35-33-31-29-27-25-23-20-18-16-14-12-10-8-6-4-2/h5,7,11,13,17-20,22,24,41-42,44-48,50-51H,3-4,6,8-10,12,14-16,21,23,25-40H2,1-2H3,(H,52,53,54)/b7-5-,13-11-,19-17-,20-18-,24-22-. The van der Waals surface area contributed by atoms with Gasteiger partial charge in [0.2, 0.25) is 0 Å². The van der Waals surface area contributed by atoms with E-state index in [1.165, 1.54) is 64.2 Å². The van der Waals surface area contributed by atoms with E-state index in [1.807, 2.05) is 0 Å². The molecule has 12 nitrogen and oxygen atoms in total. The van der Waals surface area contributed by atoms with Crippen LogP contribution in [0.4, 0.5) is 0 Å². The maximum Gasteiger partial charge on any atom is 0.397 e. The van der Waals surface area contributed by atoms with Crippen molar-refractivity contribution in [1.29, 1.82) is 0 Å². The Balaban J connectivity index is 2.45. The highest BCUT2D eigenvalue weighted by atomic mass is 32.3. The van der Waals surface area contributed by atoms with Crippen molar-refractivity contribution >= 4 is 16.4 Å². The quantitative estimate of drug-likeness (QED) is 0.0199. The summed E-state index contributed by atoms with van der Waals surface area (Å²) >= 11 is 0. The van der Waals surface area contributed by atoms with Crippen LogP contribution in [0.25, 0.3) is 0 Å². The van der Waals surface area contributed by atoms with Crippen LogP contribution in [0.5, 0.6) is 0 Å². The average molecular weight is 871 g/mol. The molecular formula is C47H82O12S. The van der Waals surface area contributed by atoms with Crippen molar-refractivity contribution in [3.63, 3.8) is 0 Å². The number of hydrogen-bond donors (Lipinski definition) is 4. The second-order valence-corrected chi connectivity index (χ2v) is 16.7. The molecule has 6 atom stereocenters. The van der Waals surface area contributed by atoms with Crippen molar-refractivity contribution in [3.8, 4) is 0 Å². The summed E-state index contributed by atoms with van der Waals surface area (Å²) in [6.45, 7) is 3.82. The summed E-state index contributed by atoms with van der Waals surface area (Å²) in [6.07, 6.45) is 38.2. The van der Waals surface area contributed by atoms with Crippen LogP contribution in [0.3, 0.4) is 0 Å². The topological polar surface area (TPSA) is 178 Å². The van der Waals surface area contributed by atoms with Gasteiger partial charge in [-0.15, -0.1) is 0 Å². The molecule has 0 bridgehead atoms. The number of carbonyl (C=O) groups is 1. The fraction of sp³-hybridized carbons (Fsp3) is 0.766. The number of aliphatic hydroxyl groups excluding tert-OH is 3. The third-order valence-corrected chi connectivity index (χ3v) is 10.6. The predicted molar refractivity (Wildman–Crippen MR) is 239 cm³/mol. The van der Waals surface area contributed by atoms with Crippen LogP contribution < -0.4 is 0 Å². The first-order chi connectivity index (χ1) is 29.1. The average Bonchev–Trinajstić information content (AvgIpc) is 3.22. The highest BCUT2D eigenvalue weighted by molar-refractivity contribution is 7.80. The molecule has 0 amide bonds. The summed E-state index contributed by atoms with van der Waals surface area (Å²) in [7, 11) is -5.07. The zero-order valence-electron chi connectivity index (χ0n) is 37.0. The summed E-state index contributed by atoms with van der Waals surface area (Å²) in [6, 6.07) is 0. The molecule has 0 aromatic heterocycles. The minimum absolute atomic E-state index is 0.0193. The second-order valence-electron chi connectivity index (χ2n) is 15.6. The van der Waals surface area contributed by atoms with Gasteiger partial charge in [-0.05, 0) is 77.0 Å². The molecule has 60 heavy (non-hydrogen) atoms. The van der Waals surface area contributed by atoms with E-state index in [4.69, 9.17) is 23.5 Å². The number of rotatable bonds is 39. The van der Waals surface area contributed by atoms with Crippen LogP contribution in [0.1, 0.15) is 168 Å². The minimum atomic E-state index is -5.07. The Bertz CT molecular complexity index is 1280. The van der Waals surface area contributed by atoms with Crippen molar-refractivity contribution in [1.82, 2.24) is 0 Å². The molecule has 13 heteroatoms. The lowest BCUT2D eigenvalue weighted by molar-refractivity contribution is -0.301. The number of carbonyl (C=O) groups excluding carboxylic acids is 1. The Hall–Kier alpha value is -2.20.